The van der Waals surface area contributed by atoms with Crippen molar-refractivity contribution in [3.63, 3.8) is 0 Å². The summed E-state index contributed by atoms with van der Waals surface area (Å²) in [7, 11) is 0. The van der Waals surface area contributed by atoms with Crippen LogP contribution in [0.15, 0.2) is 12.3 Å². The van der Waals surface area contributed by atoms with E-state index >= 15 is 0 Å². The van der Waals surface area contributed by atoms with Gasteiger partial charge in [0.15, 0.2) is 0 Å². The van der Waals surface area contributed by atoms with Gasteiger partial charge in [0.25, 0.3) is 0 Å². The molecule has 4 N–H and O–H groups in total. The highest BCUT2D eigenvalue weighted by atomic mass is 15.3. The first-order valence-electron chi connectivity index (χ1n) is 8.23. The maximum Gasteiger partial charge on any atom is 0.239 e. The van der Waals surface area contributed by atoms with Crippen molar-refractivity contribution in [2.75, 3.05) is 10.7 Å². The average molecular weight is 287 g/mol. The highest BCUT2D eigenvalue weighted by molar-refractivity contribution is 5.40. The van der Waals surface area contributed by atoms with Crippen molar-refractivity contribution in [1.82, 2.24) is 9.97 Å². The van der Waals surface area contributed by atoms with Crippen molar-refractivity contribution < 1.29 is 0 Å². The zero-order chi connectivity index (χ0) is 14.4. The van der Waals surface area contributed by atoms with Crippen molar-refractivity contribution in [2.24, 2.45) is 29.0 Å². The van der Waals surface area contributed by atoms with Crippen LogP contribution in [0.5, 0.6) is 0 Å². The van der Waals surface area contributed by atoms with E-state index in [9.17, 15) is 0 Å². The van der Waals surface area contributed by atoms with E-state index in [1.807, 2.05) is 6.07 Å². The molecule has 1 aromatic rings. The Bertz CT molecular complexity index is 494. The maximum atomic E-state index is 5.39. The van der Waals surface area contributed by atoms with Gasteiger partial charge in [-0.3, -0.25) is 5.43 Å². The fourth-order valence-corrected chi connectivity index (χ4v) is 5.59. The number of nitrogen functional groups attached to an aromatic ring is 1. The molecular formula is C16H25N5. The molecule has 1 unspecified atom stereocenters. The second kappa shape index (κ2) is 4.83. The molecule has 4 aliphatic carbocycles. The Hall–Kier alpha value is -1.36. The van der Waals surface area contributed by atoms with Crippen LogP contribution in [0.25, 0.3) is 0 Å². The molecule has 0 spiro atoms. The molecule has 5 rings (SSSR count). The molecule has 1 heterocycles. The van der Waals surface area contributed by atoms with Crippen LogP contribution in [-0.4, -0.2) is 16.0 Å². The molecule has 0 amide bonds. The van der Waals surface area contributed by atoms with Crippen molar-refractivity contribution in [3.05, 3.63) is 12.3 Å². The van der Waals surface area contributed by atoms with E-state index in [1.54, 1.807) is 6.20 Å². The lowest BCUT2D eigenvalue weighted by atomic mass is 9.48. The number of hydrogen-bond donors (Lipinski definition) is 3. The first-order valence-corrected chi connectivity index (χ1v) is 8.23. The van der Waals surface area contributed by atoms with Gasteiger partial charge in [0, 0.05) is 12.2 Å². The minimum atomic E-state index is 0.464. The standard InChI is InChI=1S/C16H25N5/c1-10(19-14-2-3-18-15(20-14)21-17)16-7-11-4-12(8-16)6-13(5-11)9-16/h2-3,10-13H,4-9,17H2,1H3,(H2,18,19,20,21). The smallest absolute Gasteiger partial charge is 0.239 e. The molecule has 5 heteroatoms. The van der Waals surface area contributed by atoms with Gasteiger partial charge in [-0.2, -0.15) is 4.98 Å². The molecule has 0 saturated heterocycles. The molecule has 4 aliphatic rings. The fraction of sp³-hybridized carbons (Fsp3) is 0.750. The summed E-state index contributed by atoms with van der Waals surface area (Å²) in [6.07, 6.45) is 10.4. The van der Waals surface area contributed by atoms with E-state index in [0.717, 1.165) is 23.6 Å². The number of aromatic nitrogens is 2. The van der Waals surface area contributed by atoms with Gasteiger partial charge in [0.2, 0.25) is 5.95 Å². The summed E-state index contributed by atoms with van der Waals surface area (Å²) in [5.74, 6) is 9.68. The summed E-state index contributed by atoms with van der Waals surface area (Å²) in [5.41, 5.74) is 3.00. The zero-order valence-electron chi connectivity index (χ0n) is 12.7. The molecule has 0 radical (unpaired) electrons. The van der Waals surface area contributed by atoms with Gasteiger partial charge < -0.3 is 5.32 Å². The molecule has 1 aromatic heterocycles. The van der Waals surface area contributed by atoms with Crippen LogP contribution in [-0.2, 0) is 0 Å². The first-order chi connectivity index (χ1) is 10.2. The summed E-state index contributed by atoms with van der Waals surface area (Å²) < 4.78 is 0. The van der Waals surface area contributed by atoms with Gasteiger partial charge in [0.1, 0.15) is 5.82 Å². The lowest BCUT2D eigenvalue weighted by Crippen LogP contribution is -2.53. The second-order valence-corrected chi connectivity index (χ2v) is 7.56. The number of nitrogens with zero attached hydrogens (tertiary/aromatic N) is 2. The summed E-state index contributed by atoms with van der Waals surface area (Å²) in [6, 6.07) is 2.39. The Morgan fingerprint density at radius 1 is 1.19 bits per heavy atom. The normalized spacial score (nSPS) is 38.3. The number of nitrogens with one attached hydrogen (secondary N) is 2. The van der Waals surface area contributed by atoms with Gasteiger partial charge in [-0.15, -0.1) is 0 Å². The largest absolute Gasteiger partial charge is 0.367 e. The van der Waals surface area contributed by atoms with Crippen molar-refractivity contribution in [1.29, 1.82) is 0 Å². The van der Waals surface area contributed by atoms with Crippen molar-refractivity contribution in [2.45, 2.75) is 51.5 Å². The van der Waals surface area contributed by atoms with E-state index in [-0.39, 0.29) is 0 Å². The molecule has 4 saturated carbocycles. The first kappa shape index (κ1) is 13.3. The second-order valence-electron chi connectivity index (χ2n) is 7.56. The minimum Gasteiger partial charge on any atom is -0.367 e. The van der Waals surface area contributed by atoms with Gasteiger partial charge in [-0.05, 0) is 74.7 Å². The Morgan fingerprint density at radius 3 is 2.38 bits per heavy atom. The van der Waals surface area contributed by atoms with Crippen LogP contribution in [0.2, 0.25) is 0 Å². The van der Waals surface area contributed by atoms with Crippen LogP contribution in [0.3, 0.4) is 0 Å². The lowest BCUT2D eigenvalue weighted by Gasteiger charge is -2.59. The number of hydrogen-bond acceptors (Lipinski definition) is 5. The van der Waals surface area contributed by atoms with Crippen molar-refractivity contribution in [3.8, 4) is 0 Å². The van der Waals surface area contributed by atoms with Crippen LogP contribution in [0, 0.1) is 23.2 Å². The van der Waals surface area contributed by atoms with E-state index < -0.39 is 0 Å². The highest BCUT2D eigenvalue weighted by Gasteiger charge is 2.53. The van der Waals surface area contributed by atoms with Crippen LogP contribution < -0.4 is 16.6 Å². The molecule has 114 valence electrons. The van der Waals surface area contributed by atoms with E-state index in [4.69, 9.17) is 5.84 Å². The van der Waals surface area contributed by atoms with Gasteiger partial charge in [-0.25, -0.2) is 10.8 Å². The molecule has 0 aromatic carbocycles. The Labute approximate surface area is 126 Å². The number of anilines is 2. The summed E-state index contributed by atoms with van der Waals surface area (Å²) in [6.45, 7) is 2.34. The third-order valence-electron chi connectivity index (χ3n) is 6.15. The summed E-state index contributed by atoms with van der Waals surface area (Å²) in [5, 5.41) is 3.63. The number of hydrazine groups is 1. The van der Waals surface area contributed by atoms with Gasteiger partial charge in [0.05, 0.1) is 0 Å². The van der Waals surface area contributed by atoms with Crippen LogP contribution in [0.4, 0.5) is 11.8 Å². The Kier molecular flexibility index (Phi) is 3.06. The average Bonchev–Trinajstić information content (AvgIpc) is 2.46. The zero-order valence-corrected chi connectivity index (χ0v) is 12.7. The molecule has 5 nitrogen and oxygen atoms in total. The Morgan fingerprint density at radius 2 is 1.81 bits per heavy atom. The maximum absolute atomic E-state index is 5.39. The predicted octanol–water partition coefficient (Wildman–Crippen LogP) is 2.78. The SMILES string of the molecule is CC(Nc1ccnc(NN)n1)C12CC3CC(CC(C3)C1)C2. The van der Waals surface area contributed by atoms with E-state index in [2.05, 4.69) is 27.6 Å². The van der Waals surface area contributed by atoms with E-state index in [0.29, 0.717) is 17.4 Å². The predicted molar refractivity (Wildman–Crippen MR) is 83.5 cm³/mol. The molecule has 21 heavy (non-hydrogen) atoms. The molecule has 4 fully saturated rings. The van der Waals surface area contributed by atoms with Crippen molar-refractivity contribution >= 4 is 11.8 Å². The lowest BCUT2D eigenvalue weighted by molar-refractivity contribution is -0.0603. The molecule has 1 atom stereocenters. The van der Waals surface area contributed by atoms with Gasteiger partial charge in [-0.1, -0.05) is 0 Å². The van der Waals surface area contributed by atoms with Crippen LogP contribution in [0.1, 0.15) is 45.4 Å². The Balaban J connectivity index is 1.53. The molecule has 4 bridgehead atoms. The third kappa shape index (κ3) is 2.27. The molecular weight excluding hydrogens is 262 g/mol. The third-order valence-corrected chi connectivity index (χ3v) is 6.15. The topological polar surface area (TPSA) is 75.9 Å². The highest BCUT2D eigenvalue weighted by Crippen LogP contribution is 2.61. The molecule has 0 aliphatic heterocycles. The van der Waals surface area contributed by atoms with Crippen LogP contribution >= 0.6 is 0 Å². The fourth-order valence-electron chi connectivity index (χ4n) is 5.59. The quantitative estimate of drug-likeness (QED) is 0.586. The summed E-state index contributed by atoms with van der Waals surface area (Å²) >= 11 is 0. The number of nitrogens with two attached hydrogens (primary N) is 1. The summed E-state index contributed by atoms with van der Waals surface area (Å²) in [4.78, 5) is 8.47. The number of rotatable bonds is 4. The minimum absolute atomic E-state index is 0.464. The monoisotopic (exact) mass is 287 g/mol. The van der Waals surface area contributed by atoms with E-state index in [1.165, 1.54) is 38.5 Å². The van der Waals surface area contributed by atoms with Gasteiger partial charge >= 0.3 is 0 Å².